The van der Waals surface area contributed by atoms with Gasteiger partial charge in [0, 0.05) is 19.1 Å². The zero-order valence-corrected chi connectivity index (χ0v) is 16.5. The van der Waals surface area contributed by atoms with Crippen LogP contribution in [-0.4, -0.2) is 50.7 Å². The Kier molecular flexibility index (Phi) is 6.90. The van der Waals surface area contributed by atoms with E-state index in [0.717, 1.165) is 11.3 Å². The monoisotopic (exact) mass is 403 g/mol. The van der Waals surface area contributed by atoms with Crippen LogP contribution < -0.4 is 20.3 Å². The molecule has 0 bridgehead atoms. The maximum Gasteiger partial charge on any atom is 0.414 e. The Hall–Kier alpha value is -2.84. The van der Waals surface area contributed by atoms with E-state index in [4.69, 9.17) is 14.6 Å². The number of hydrogen-bond acceptors (Lipinski definition) is 6. The van der Waals surface area contributed by atoms with Crippen LogP contribution in [0.15, 0.2) is 42.5 Å². The van der Waals surface area contributed by atoms with Gasteiger partial charge < -0.3 is 25.2 Å². The van der Waals surface area contributed by atoms with E-state index in [0.29, 0.717) is 18.8 Å². The van der Waals surface area contributed by atoms with Crippen molar-refractivity contribution >= 4 is 17.5 Å². The lowest BCUT2D eigenvalue weighted by molar-refractivity contribution is 0.138. The second-order valence-electron chi connectivity index (χ2n) is 6.84. The fourth-order valence-electron chi connectivity index (χ4n) is 3.18. The first-order chi connectivity index (χ1) is 14.0. The normalized spacial score (nSPS) is 17.2. The Labute approximate surface area is 169 Å². The van der Waals surface area contributed by atoms with Gasteiger partial charge in [-0.05, 0) is 42.8 Å². The van der Waals surface area contributed by atoms with Crippen LogP contribution in [-0.2, 0) is 4.74 Å². The van der Waals surface area contributed by atoms with Gasteiger partial charge in [0.1, 0.15) is 17.7 Å². The molecule has 3 rings (SSSR count). The summed E-state index contributed by atoms with van der Waals surface area (Å²) in [5, 5.41) is 15.0. The summed E-state index contributed by atoms with van der Waals surface area (Å²) in [7, 11) is 1.63. The summed E-state index contributed by atoms with van der Waals surface area (Å²) >= 11 is 0. The maximum absolute atomic E-state index is 14.2. The third-order valence-corrected chi connectivity index (χ3v) is 4.81. The van der Waals surface area contributed by atoms with E-state index in [1.807, 2.05) is 31.2 Å². The van der Waals surface area contributed by atoms with Crippen LogP contribution in [0.25, 0.3) is 0 Å². The number of aliphatic hydroxyl groups is 1. The number of carbonyl (C=O) groups excluding carboxylic acids is 1. The van der Waals surface area contributed by atoms with Crippen LogP contribution in [0.4, 0.5) is 20.6 Å². The number of rotatable bonds is 9. The number of amides is 1. The number of nitrogens with zero attached hydrogens (tertiary/aromatic N) is 1. The second-order valence-corrected chi connectivity index (χ2v) is 6.84. The fourth-order valence-corrected chi connectivity index (χ4v) is 3.18. The number of halogens is 1. The van der Waals surface area contributed by atoms with Crippen molar-refractivity contribution in [3.05, 3.63) is 53.8 Å². The average molecular weight is 403 g/mol. The summed E-state index contributed by atoms with van der Waals surface area (Å²) in [5.74, 6) is 0.297. The highest BCUT2D eigenvalue weighted by molar-refractivity contribution is 5.90. The summed E-state index contributed by atoms with van der Waals surface area (Å²) in [6.45, 7) is 2.99. The lowest BCUT2D eigenvalue weighted by Crippen LogP contribution is -2.32. The van der Waals surface area contributed by atoms with Gasteiger partial charge in [0.2, 0.25) is 0 Å². The van der Waals surface area contributed by atoms with Crippen molar-refractivity contribution in [1.82, 2.24) is 5.32 Å². The van der Waals surface area contributed by atoms with E-state index in [-0.39, 0.29) is 31.0 Å². The van der Waals surface area contributed by atoms with Gasteiger partial charge in [-0.15, -0.1) is 0 Å². The van der Waals surface area contributed by atoms with Crippen molar-refractivity contribution in [3.63, 3.8) is 0 Å². The SMILES string of the molecule is COc1cccc([C@H](C)NC[C@H]2CN(c3ccc(NCCO)c(F)c3)C(=O)O2)c1. The molecule has 0 saturated carbocycles. The molecule has 156 valence electrons. The maximum atomic E-state index is 14.2. The summed E-state index contributed by atoms with van der Waals surface area (Å²) in [6.07, 6.45) is -0.841. The van der Waals surface area contributed by atoms with Crippen LogP contribution in [0.5, 0.6) is 5.75 Å². The number of methoxy groups -OCH3 is 1. The molecule has 1 heterocycles. The van der Waals surface area contributed by atoms with E-state index in [2.05, 4.69) is 10.6 Å². The van der Waals surface area contributed by atoms with Crippen LogP contribution in [0.3, 0.4) is 0 Å². The van der Waals surface area contributed by atoms with E-state index in [1.165, 1.54) is 11.0 Å². The molecule has 29 heavy (non-hydrogen) atoms. The van der Waals surface area contributed by atoms with E-state index >= 15 is 0 Å². The molecule has 1 aliphatic rings. The molecular weight excluding hydrogens is 377 g/mol. The predicted octanol–water partition coefficient (Wildman–Crippen LogP) is 2.91. The zero-order chi connectivity index (χ0) is 20.8. The van der Waals surface area contributed by atoms with E-state index in [9.17, 15) is 9.18 Å². The Bertz CT molecular complexity index is 848. The highest BCUT2D eigenvalue weighted by atomic mass is 19.1. The molecule has 1 saturated heterocycles. The lowest BCUT2D eigenvalue weighted by atomic mass is 10.1. The summed E-state index contributed by atoms with van der Waals surface area (Å²) in [4.78, 5) is 13.7. The van der Waals surface area contributed by atoms with Crippen molar-refractivity contribution < 1.29 is 23.8 Å². The number of cyclic esters (lactones) is 1. The number of nitrogens with one attached hydrogen (secondary N) is 2. The third kappa shape index (κ3) is 5.16. The van der Waals surface area contributed by atoms with Crippen LogP contribution in [0.1, 0.15) is 18.5 Å². The number of hydrogen-bond donors (Lipinski definition) is 3. The van der Waals surface area contributed by atoms with E-state index in [1.54, 1.807) is 19.2 Å². The van der Waals surface area contributed by atoms with Gasteiger partial charge in [-0.3, -0.25) is 4.90 Å². The fraction of sp³-hybridized carbons (Fsp3) is 0.381. The zero-order valence-electron chi connectivity index (χ0n) is 16.5. The topological polar surface area (TPSA) is 83.1 Å². The summed E-state index contributed by atoms with van der Waals surface area (Å²) in [6, 6.07) is 12.3. The lowest BCUT2D eigenvalue weighted by Gasteiger charge is -2.17. The molecular formula is C21H26FN3O4. The first-order valence-corrected chi connectivity index (χ1v) is 9.51. The first-order valence-electron chi connectivity index (χ1n) is 9.51. The molecule has 0 aromatic heterocycles. The third-order valence-electron chi connectivity index (χ3n) is 4.81. The van der Waals surface area contributed by atoms with Gasteiger partial charge in [-0.2, -0.15) is 0 Å². The highest BCUT2D eigenvalue weighted by Crippen LogP contribution is 2.26. The molecule has 2 aromatic rings. The van der Waals surface area contributed by atoms with E-state index < -0.39 is 11.9 Å². The minimum absolute atomic E-state index is 0.0483. The second kappa shape index (κ2) is 9.58. The number of benzene rings is 2. The van der Waals surface area contributed by atoms with Crippen LogP contribution in [0, 0.1) is 5.82 Å². The van der Waals surface area contributed by atoms with Gasteiger partial charge in [0.25, 0.3) is 0 Å². The molecule has 0 aliphatic carbocycles. The van der Waals surface area contributed by atoms with Crippen molar-refractivity contribution in [3.8, 4) is 5.75 Å². The summed E-state index contributed by atoms with van der Waals surface area (Å²) < 4.78 is 24.9. The minimum Gasteiger partial charge on any atom is -0.497 e. The molecule has 2 aromatic carbocycles. The average Bonchev–Trinajstić information content (AvgIpc) is 3.11. The van der Waals surface area contributed by atoms with Gasteiger partial charge in [0.15, 0.2) is 0 Å². The summed E-state index contributed by atoms with van der Waals surface area (Å²) in [5.41, 5.74) is 1.78. The van der Waals surface area contributed by atoms with Crippen molar-refractivity contribution in [2.24, 2.45) is 0 Å². The number of anilines is 2. The first kappa shape index (κ1) is 20.9. The number of ether oxygens (including phenoxy) is 2. The minimum atomic E-state index is -0.499. The predicted molar refractivity (Wildman–Crippen MR) is 109 cm³/mol. The molecule has 1 aliphatic heterocycles. The van der Waals surface area contributed by atoms with Gasteiger partial charge in [-0.25, -0.2) is 9.18 Å². The molecule has 0 spiro atoms. The Morgan fingerprint density at radius 3 is 2.90 bits per heavy atom. The molecule has 0 radical (unpaired) electrons. The number of aliphatic hydroxyl groups excluding tert-OH is 1. The molecule has 0 unspecified atom stereocenters. The number of carbonyl (C=O) groups is 1. The quantitative estimate of drug-likeness (QED) is 0.597. The molecule has 1 fully saturated rings. The van der Waals surface area contributed by atoms with Crippen molar-refractivity contribution in [1.29, 1.82) is 0 Å². The molecule has 7 nitrogen and oxygen atoms in total. The standard InChI is InChI=1S/C21H26FN3O4/c1-14(15-4-3-5-17(10-15)28-2)24-12-18-13-25(21(27)29-18)16-6-7-20(19(22)11-16)23-8-9-26/h3-7,10-11,14,18,23-24,26H,8-9,12-13H2,1-2H3/t14-,18-/m0/s1. The highest BCUT2D eigenvalue weighted by Gasteiger charge is 2.32. The Morgan fingerprint density at radius 1 is 1.34 bits per heavy atom. The van der Waals surface area contributed by atoms with Crippen molar-refractivity contribution in [2.75, 3.05) is 43.6 Å². The smallest absolute Gasteiger partial charge is 0.414 e. The Balaban J connectivity index is 1.58. The van der Waals surface area contributed by atoms with Crippen LogP contribution >= 0.6 is 0 Å². The van der Waals surface area contributed by atoms with Crippen LogP contribution in [0.2, 0.25) is 0 Å². The van der Waals surface area contributed by atoms with Crippen molar-refractivity contribution in [2.45, 2.75) is 19.1 Å². The molecule has 8 heteroatoms. The van der Waals surface area contributed by atoms with Gasteiger partial charge in [-0.1, -0.05) is 12.1 Å². The van der Waals surface area contributed by atoms with Gasteiger partial charge >= 0.3 is 6.09 Å². The molecule has 3 N–H and O–H groups in total. The van der Waals surface area contributed by atoms with Gasteiger partial charge in [0.05, 0.1) is 31.6 Å². The Morgan fingerprint density at radius 2 is 2.17 bits per heavy atom. The largest absolute Gasteiger partial charge is 0.497 e. The molecule has 2 atom stereocenters. The molecule has 1 amide bonds.